The quantitative estimate of drug-likeness (QED) is 0.0320. The number of ether oxygens (including phenoxy) is 1. The van der Waals surface area contributed by atoms with Gasteiger partial charge in [-0.1, -0.05) is 321 Å². The summed E-state index contributed by atoms with van der Waals surface area (Å²) < 4.78 is 5.49. The Bertz CT molecular complexity index is 1080. The van der Waals surface area contributed by atoms with E-state index in [1.54, 1.807) is 0 Å². The van der Waals surface area contributed by atoms with Crippen LogP contribution in [0.4, 0.5) is 0 Å². The van der Waals surface area contributed by atoms with Gasteiger partial charge in [0.25, 0.3) is 0 Å². The van der Waals surface area contributed by atoms with Crippen LogP contribution in [0.2, 0.25) is 0 Å². The van der Waals surface area contributed by atoms with Crippen LogP contribution in [0.3, 0.4) is 0 Å². The van der Waals surface area contributed by atoms with Crippen LogP contribution in [0, 0.1) is 0 Å². The topological polar surface area (TPSA) is 95.9 Å². The Morgan fingerprint density at radius 3 is 0.986 bits per heavy atom. The summed E-state index contributed by atoms with van der Waals surface area (Å²) in [4.78, 5) is 24.5. The summed E-state index contributed by atoms with van der Waals surface area (Å²) in [6.45, 7) is 4.98. The Balaban J connectivity index is 3.34. The number of hydrogen-bond acceptors (Lipinski definition) is 5. The molecule has 6 heteroatoms. The molecule has 428 valence electrons. The van der Waals surface area contributed by atoms with Crippen LogP contribution in [-0.2, 0) is 14.3 Å². The molecular formula is C66H129NO5. The van der Waals surface area contributed by atoms with E-state index in [1.807, 2.05) is 0 Å². The third kappa shape index (κ3) is 57.9. The van der Waals surface area contributed by atoms with E-state index in [9.17, 15) is 19.8 Å². The molecule has 0 spiro atoms. The molecule has 0 rings (SSSR count). The second-order valence-corrected chi connectivity index (χ2v) is 22.8. The molecule has 0 aliphatic carbocycles. The maximum atomic E-state index is 12.5. The predicted octanol–water partition coefficient (Wildman–Crippen LogP) is 20.8. The first-order valence-corrected chi connectivity index (χ1v) is 32.9. The van der Waals surface area contributed by atoms with Crippen molar-refractivity contribution in [1.29, 1.82) is 0 Å². The third-order valence-corrected chi connectivity index (χ3v) is 15.6. The van der Waals surface area contributed by atoms with Crippen molar-refractivity contribution in [3.8, 4) is 0 Å². The molecule has 1 amide bonds. The van der Waals surface area contributed by atoms with Gasteiger partial charge in [0.15, 0.2) is 0 Å². The molecule has 0 radical (unpaired) electrons. The molecule has 0 aromatic heterocycles. The minimum Gasteiger partial charge on any atom is -0.466 e. The van der Waals surface area contributed by atoms with Crippen molar-refractivity contribution in [3.63, 3.8) is 0 Å². The largest absolute Gasteiger partial charge is 0.466 e. The summed E-state index contributed by atoms with van der Waals surface area (Å²) in [5.41, 5.74) is 0. The molecule has 0 saturated heterocycles. The highest BCUT2D eigenvalue weighted by molar-refractivity contribution is 5.76. The van der Waals surface area contributed by atoms with E-state index in [0.717, 1.165) is 38.5 Å². The summed E-state index contributed by atoms with van der Waals surface area (Å²) in [6, 6.07) is -0.539. The van der Waals surface area contributed by atoms with Crippen molar-refractivity contribution in [2.75, 3.05) is 13.2 Å². The van der Waals surface area contributed by atoms with Gasteiger partial charge in [0, 0.05) is 12.8 Å². The first kappa shape index (κ1) is 70.6. The van der Waals surface area contributed by atoms with E-state index in [-0.39, 0.29) is 18.5 Å². The molecule has 2 atom stereocenters. The Kier molecular flexibility index (Phi) is 60.9. The number of unbranched alkanes of at least 4 members (excludes halogenated alkanes) is 49. The van der Waals surface area contributed by atoms with Gasteiger partial charge < -0.3 is 20.3 Å². The van der Waals surface area contributed by atoms with Crippen molar-refractivity contribution in [3.05, 3.63) is 12.2 Å². The Labute approximate surface area is 450 Å². The van der Waals surface area contributed by atoms with Crippen LogP contribution in [0.25, 0.3) is 0 Å². The van der Waals surface area contributed by atoms with Gasteiger partial charge in [-0.25, -0.2) is 0 Å². The number of allylic oxidation sites excluding steroid dienone is 2. The van der Waals surface area contributed by atoms with Gasteiger partial charge in [-0.2, -0.15) is 0 Å². The van der Waals surface area contributed by atoms with E-state index in [2.05, 4.69) is 31.3 Å². The molecule has 6 nitrogen and oxygen atoms in total. The molecule has 0 fully saturated rings. The number of aliphatic hydroxyl groups is 2. The zero-order chi connectivity index (χ0) is 52.2. The standard InChI is InChI=1S/C66H129NO5/c1-3-5-7-9-11-13-15-17-32-36-40-44-48-52-56-60-66(71)72-61-57-53-49-45-41-37-34-31-29-27-25-23-21-19-18-20-22-24-26-28-30-33-35-39-43-47-51-55-59-65(70)67-63(62-68)64(69)58-54-50-46-42-38-16-14-12-10-8-6-4-2/h18-19,63-64,68-69H,3-17,20-62H2,1-2H3,(H,67,70)/b19-18-. The number of aliphatic hydroxyl groups excluding tert-OH is 2. The maximum Gasteiger partial charge on any atom is 0.305 e. The lowest BCUT2D eigenvalue weighted by molar-refractivity contribution is -0.143. The zero-order valence-electron chi connectivity index (χ0n) is 48.9. The van der Waals surface area contributed by atoms with Gasteiger partial charge >= 0.3 is 5.97 Å². The van der Waals surface area contributed by atoms with Crippen LogP contribution >= 0.6 is 0 Å². The van der Waals surface area contributed by atoms with Gasteiger partial charge in [0.1, 0.15) is 0 Å². The number of amides is 1. The fourth-order valence-electron chi connectivity index (χ4n) is 10.5. The molecule has 0 saturated carbocycles. The van der Waals surface area contributed by atoms with Crippen molar-refractivity contribution in [2.45, 2.75) is 386 Å². The van der Waals surface area contributed by atoms with Crippen LogP contribution in [0.1, 0.15) is 373 Å². The number of esters is 1. The van der Waals surface area contributed by atoms with E-state index in [4.69, 9.17) is 4.74 Å². The first-order chi connectivity index (χ1) is 35.5. The van der Waals surface area contributed by atoms with Crippen molar-refractivity contribution in [1.82, 2.24) is 5.32 Å². The average molecular weight is 1020 g/mol. The van der Waals surface area contributed by atoms with Gasteiger partial charge in [-0.05, 0) is 51.4 Å². The summed E-state index contributed by atoms with van der Waals surface area (Å²) in [7, 11) is 0. The second-order valence-electron chi connectivity index (χ2n) is 22.8. The van der Waals surface area contributed by atoms with Gasteiger partial charge in [0.2, 0.25) is 5.91 Å². The maximum absolute atomic E-state index is 12.5. The molecule has 0 aromatic carbocycles. The minimum atomic E-state index is -0.662. The normalized spacial score (nSPS) is 12.6. The number of hydrogen-bond donors (Lipinski definition) is 3. The Morgan fingerprint density at radius 2 is 0.653 bits per heavy atom. The van der Waals surface area contributed by atoms with Gasteiger partial charge in [-0.15, -0.1) is 0 Å². The fourth-order valence-corrected chi connectivity index (χ4v) is 10.5. The summed E-state index contributed by atoms with van der Waals surface area (Å²) in [6.07, 6.45) is 75.3. The fraction of sp³-hybridized carbons (Fsp3) is 0.939. The summed E-state index contributed by atoms with van der Waals surface area (Å²) >= 11 is 0. The number of rotatable bonds is 62. The molecular weight excluding hydrogens is 887 g/mol. The Hall–Kier alpha value is -1.40. The average Bonchev–Trinajstić information content (AvgIpc) is 3.38. The lowest BCUT2D eigenvalue weighted by atomic mass is 10.0. The highest BCUT2D eigenvalue weighted by atomic mass is 16.5. The van der Waals surface area contributed by atoms with E-state index < -0.39 is 12.1 Å². The van der Waals surface area contributed by atoms with Crippen LogP contribution < -0.4 is 5.32 Å². The van der Waals surface area contributed by atoms with Crippen LogP contribution in [0.5, 0.6) is 0 Å². The highest BCUT2D eigenvalue weighted by Crippen LogP contribution is 2.18. The first-order valence-electron chi connectivity index (χ1n) is 32.9. The minimum absolute atomic E-state index is 0.0194. The van der Waals surface area contributed by atoms with Crippen LogP contribution in [-0.4, -0.2) is 47.4 Å². The number of carbonyl (C=O) groups excluding carboxylic acids is 2. The Morgan fingerprint density at radius 1 is 0.375 bits per heavy atom. The lowest BCUT2D eigenvalue weighted by Crippen LogP contribution is -2.45. The van der Waals surface area contributed by atoms with Crippen molar-refractivity contribution in [2.24, 2.45) is 0 Å². The number of carbonyl (C=O) groups is 2. The monoisotopic (exact) mass is 1020 g/mol. The predicted molar refractivity (Wildman–Crippen MR) is 315 cm³/mol. The summed E-state index contributed by atoms with van der Waals surface area (Å²) in [5, 5.41) is 23.2. The molecule has 3 N–H and O–H groups in total. The number of nitrogens with one attached hydrogen (secondary N) is 1. The van der Waals surface area contributed by atoms with Crippen molar-refractivity contribution < 1.29 is 24.5 Å². The highest BCUT2D eigenvalue weighted by Gasteiger charge is 2.20. The molecule has 0 aliphatic heterocycles. The molecule has 0 aliphatic rings. The van der Waals surface area contributed by atoms with Gasteiger partial charge in [-0.3, -0.25) is 9.59 Å². The smallest absolute Gasteiger partial charge is 0.305 e. The zero-order valence-corrected chi connectivity index (χ0v) is 48.9. The SMILES string of the molecule is CCCCCCCCCCCCCCCCCC(=O)OCCCCCCCCCCCCCC/C=C\CCCCCCCCCCCCCCC(=O)NC(CO)C(O)CCCCCCCCCCCCCC. The molecule has 0 heterocycles. The van der Waals surface area contributed by atoms with E-state index >= 15 is 0 Å². The summed E-state index contributed by atoms with van der Waals surface area (Å²) in [5.74, 6) is -0.0140. The van der Waals surface area contributed by atoms with Crippen LogP contribution in [0.15, 0.2) is 12.2 Å². The van der Waals surface area contributed by atoms with Crippen molar-refractivity contribution >= 4 is 11.9 Å². The molecule has 2 unspecified atom stereocenters. The second kappa shape index (κ2) is 62.1. The lowest BCUT2D eigenvalue weighted by Gasteiger charge is -2.22. The molecule has 72 heavy (non-hydrogen) atoms. The van der Waals surface area contributed by atoms with E-state index in [1.165, 1.54) is 302 Å². The molecule has 0 aromatic rings. The van der Waals surface area contributed by atoms with Gasteiger partial charge in [0.05, 0.1) is 25.4 Å². The van der Waals surface area contributed by atoms with E-state index in [0.29, 0.717) is 25.9 Å². The molecule has 0 bridgehead atoms. The third-order valence-electron chi connectivity index (χ3n) is 15.6.